The maximum atomic E-state index is 15.2. The SMILES string of the molecule is CCN1CC(C(=O)Nc2ccc(Oc3ccnc4cc(OC)c(OC)cc34)c(F)c2)C(=O)N(c2ccccc2)C1=O. The number of nitrogens with zero attached hydrogens (tertiary/aromatic N) is 3. The van der Waals surface area contributed by atoms with E-state index in [0.717, 1.165) is 11.0 Å². The Bertz CT molecular complexity index is 1630. The van der Waals surface area contributed by atoms with E-state index in [9.17, 15) is 14.4 Å². The molecule has 41 heavy (non-hydrogen) atoms. The molecular weight excluding hydrogens is 531 g/mol. The molecule has 0 radical (unpaired) electrons. The van der Waals surface area contributed by atoms with Gasteiger partial charge in [0, 0.05) is 42.5 Å². The number of ether oxygens (including phenoxy) is 3. The number of para-hydroxylation sites is 1. The number of imide groups is 1. The van der Waals surface area contributed by atoms with Crippen molar-refractivity contribution in [2.75, 3.05) is 37.5 Å². The summed E-state index contributed by atoms with van der Waals surface area (Å²) in [6.07, 6.45) is 1.53. The highest BCUT2D eigenvalue weighted by Crippen LogP contribution is 2.37. The maximum absolute atomic E-state index is 15.2. The van der Waals surface area contributed by atoms with Crippen molar-refractivity contribution in [2.24, 2.45) is 5.92 Å². The van der Waals surface area contributed by atoms with Crippen LogP contribution in [0.2, 0.25) is 0 Å². The molecule has 1 saturated heterocycles. The van der Waals surface area contributed by atoms with Crippen molar-refractivity contribution in [3.8, 4) is 23.0 Å². The Morgan fingerprint density at radius 3 is 2.39 bits per heavy atom. The minimum Gasteiger partial charge on any atom is -0.493 e. The molecule has 0 aliphatic carbocycles. The predicted molar refractivity (Wildman–Crippen MR) is 150 cm³/mol. The van der Waals surface area contributed by atoms with Crippen molar-refractivity contribution < 1.29 is 33.0 Å². The summed E-state index contributed by atoms with van der Waals surface area (Å²) in [6.45, 7) is 1.98. The van der Waals surface area contributed by atoms with Gasteiger partial charge in [-0.3, -0.25) is 14.6 Å². The van der Waals surface area contributed by atoms with E-state index in [1.165, 1.54) is 37.4 Å². The number of hydrogen-bond donors (Lipinski definition) is 1. The molecule has 1 aliphatic rings. The molecule has 1 aromatic heterocycles. The first-order valence-corrected chi connectivity index (χ1v) is 12.8. The van der Waals surface area contributed by atoms with Crippen LogP contribution in [-0.2, 0) is 9.59 Å². The third-order valence-electron chi connectivity index (χ3n) is 6.72. The molecule has 3 aromatic carbocycles. The zero-order valence-corrected chi connectivity index (χ0v) is 22.6. The van der Waals surface area contributed by atoms with Crippen LogP contribution in [0.1, 0.15) is 6.92 Å². The van der Waals surface area contributed by atoms with Crippen LogP contribution in [0.4, 0.5) is 20.6 Å². The molecule has 1 N–H and O–H groups in total. The monoisotopic (exact) mass is 558 g/mol. The lowest BCUT2D eigenvalue weighted by molar-refractivity contribution is -0.132. The number of carbonyl (C=O) groups is 3. The predicted octanol–water partition coefficient (Wildman–Crippen LogP) is 5.23. The molecule has 1 fully saturated rings. The van der Waals surface area contributed by atoms with Gasteiger partial charge >= 0.3 is 6.03 Å². The van der Waals surface area contributed by atoms with Gasteiger partial charge in [-0.2, -0.15) is 0 Å². The summed E-state index contributed by atoms with van der Waals surface area (Å²) in [5, 5.41) is 3.18. The van der Waals surface area contributed by atoms with Crippen molar-refractivity contribution in [1.29, 1.82) is 0 Å². The van der Waals surface area contributed by atoms with E-state index in [1.807, 2.05) is 0 Å². The van der Waals surface area contributed by atoms with Gasteiger partial charge < -0.3 is 24.4 Å². The van der Waals surface area contributed by atoms with Crippen LogP contribution < -0.4 is 24.4 Å². The second kappa shape index (κ2) is 11.5. The van der Waals surface area contributed by atoms with Crippen LogP contribution in [0.15, 0.2) is 72.9 Å². The van der Waals surface area contributed by atoms with Gasteiger partial charge in [0.25, 0.3) is 0 Å². The van der Waals surface area contributed by atoms with Crippen molar-refractivity contribution in [1.82, 2.24) is 9.88 Å². The number of fused-ring (bicyclic) bond motifs is 1. The minimum atomic E-state index is -1.18. The van der Waals surface area contributed by atoms with Crippen molar-refractivity contribution >= 4 is 40.1 Å². The number of pyridine rings is 1. The van der Waals surface area contributed by atoms with E-state index < -0.39 is 29.6 Å². The molecule has 11 heteroatoms. The third kappa shape index (κ3) is 5.33. The van der Waals surface area contributed by atoms with E-state index in [0.29, 0.717) is 40.4 Å². The zero-order valence-electron chi connectivity index (χ0n) is 22.6. The second-order valence-corrected chi connectivity index (χ2v) is 9.15. The average molecular weight is 559 g/mol. The van der Waals surface area contributed by atoms with E-state index in [1.54, 1.807) is 55.5 Å². The fourth-order valence-electron chi connectivity index (χ4n) is 4.59. The summed E-state index contributed by atoms with van der Waals surface area (Å²) in [7, 11) is 3.02. The molecule has 4 amide bonds. The van der Waals surface area contributed by atoms with Gasteiger partial charge in [-0.05, 0) is 43.3 Å². The van der Waals surface area contributed by atoms with Crippen molar-refractivity contribution in [3.63, 3.8) is 0 Å². The lowest BCUT2D eigenvalue weighted by Gasteiger charge is -2.37. The molecule has 210 valence electrons. The van der Waals surface area contributed by atoms with Crippen LogP contribution in [0.5, 0.6) is 23.0 Å². The molecular formula is C30H27FN4O6. The van der Waals surface area contributed by atoms with Gasteiger partial charge in [-0.15, -0.1) is 0 Å². The Morgan fingerprint density at radius 2 is 1.71 bits per heavy atom. The maximum Gasteiger partial charge on any atom is 0.331 e. The standard InChI is InChI=1S/C30H27FN4O6/c1-4-34-17-21(29(37)35(30(34)38)19-8-6-5-7-9-19)28(36)33-18-10-11-25(22(31)14-18)41-24-12-13-32-23-16-27(40-3)26(39-2)15-20(23)24/h5-16,21H,4,17H2,1-3H3,(H,33,36). The number of anilines is 2. The Balaban J connectivity index is 1.36. The first-order valence-electron chi connectivity index (χ1n) is 12.8. The molecule has 10 nitrogen and oxygen atoms in total. The highest BCUT2D eigenvalue weighted by Gasteiger charge is 2.43. The van der Waals surface area contributed by atoms with E-state index in [2.05, 4.69) is 10.3 Å². The van der Waals surface area contributed by atoms with Crippen molar-refractivity contribution in [3.05, 3.63) is 78.7 Å². The fourth-order valence-corrected chi connectivity index (χ4v) is 4.59. The number of benzene rings is 3. The van der Waals surface area contributed by atoms with Crippen LogP contribution in [0.3, 0.4) is 0 Å². The summed E-state index contributed by atoms with van der Waals surface area (Å²) in [6, 6.07) is 16.8. The van der Waals surface area contributed by atoms with Crippen molar-refractivity contribution in [2.45, 2.75) is 6.92 Å². The smallest absolute Gasteiger partial charge is 0.331 e. The topological polar surface area (TPSA) is 110 Å². The average Bonchev–Trinajstić information content (AvgIpc) is 2.98. The Kier molecular flexibility index (Phi) is 7.68. The van der Waals surface area contributed by atoms with Gasteiger partial charge in [0.1, 0.15) is 11.7 Å². The number of hydrogen-bond acceptors (Lipinski definition) is 7. The van der Waals surface area contributed by atoms with Crippen LogP contribution in [0, 0.1) is 11.7 Å². The number of methoxy groups -OCH3 is 2. The molecule has 5 rings (SSSR count). The highest BCUT2D eigenvalue weighted by atomic mass is 19.1. The molecule has 0 bridgehead atoms. The second-order valence-electron chi connectivity index (χ2n) is 9.15. The van der Waals surface area contributed by atoms with E-state index in [-0.39, 0.29) is 18.0 Å². The zero-order chi connectivity index (χ0) is 29.1. The van der Waals surface area contributed by atoms with E-state index in [4.69, 9.17) is 14.2 Å². The Hall–Kier alpha value is -5.19. The number of nitrogens with one attached hydrogen (secondary N) is 1. The first kappa shape index (κ1) is 27.4. The third-order valence-corrected chi connectivity index (χ3v) is 6.72. The Morgan fingerprint density at radius 1 is 0.976 bits per heavy atom. The number of aromatic nitrogens is 1. The fraction of sp³-hybridized carbons (Fsp3) is 0.200. The van der Waals surface area contributed by atoms with Gasteiger partial charge in [-0.1, -0.05) is 18.2 Å². The minimum absolute atomic E-state index is 0.0861. The largest absolute Gasteiger partial charge is 0.493 e. The lowest BCUT2D eigenvalue weighted by atomic mass is 10.0. The summed E-state index contributed by atoms with van der Waals surface area (Å²) < 4.78 is 31.7. The number of urea groups is 1. The van der Waals surface area contributed by atoms with Crippen LogP contribution in [-0.4, -0.2) is 55.0 Å². The normalized spacial score (nSPS) is 15.2. The molecule has 0 spiro atoms. The number of carbonyl (C=O) groups excluding carboxylic acids is 3. The Labute approximate surface area is 235 Å². The summed E-state index contributed by atoms with van der Waals surface area (Å²) in [5.74, 6) is -2.02. The molecule has 2 heterocycles. The van der Waals surface area contributed by atoms with Gasteiger partial charge in [0.05, 0.1) is 25.4 Å². The molecule has 1 aliphatic heterocycles. The van der Waals surface area contributed by atoms with Gasteiger partial charge in [0.15, 0.2) is 23.1 Å². The van der Waals surface area contributed by atoms with Crippen LogP contribution in [0.25, 0.3) is 10.9 Å². The highest BCUT2D eigenvalue weighted by molar-refractivity contribution is 6.23. The molecule has 1 unspecified atom stereocenters. The summed E-state index contributed by atoms with van der Waals surface area (Å²) in [4.78, 5) is 46.1. The number of amides is 4. The number of rotatable bonds is 8. The summed E-state index contributed by atoms with van der Waals surface area (Å²) >= 11 is 0. The van der Waals surface area contributed by atoms with Crippen LogP contribution >= 0.6 is 0 Å². The number of halogens is 1. The van der Waals surface area contributed by atoms with Gasteiger partial charge in [-0.25, -0.2) is 14.1 Å². The van der Waals surface area contributed by atoms with Gasteiger partial charge in [0.2, 0.25) is 11.8 Å². The first-order chi connectivity index (χ1) is 19.8. The summed E-state index contributed by atoms with van der Waals surface area (Å²) in [5.41, 5.74) is 1.06. The molecule has 4 aromatic rings. The van der Waals surface area contributed by atoms with E-state index >= 15 is 4.39 Å². The molecule has 0 saturated carbocycles. The quantitative estimate of drug-likeness (QED) is 0.295. The lowest BCUT2D eigenvalue weighted by Crippen LogP contribution is -2.59. The molecule has 1 atom stereocenters.